The number of carbonyl (C=O) groups is 1. The fourth-order valence-corrected chi connectivity index (χ4v) is 4.95. The lowest BCUT2D eigenvalue weighted by atomic mass is 10.1. The molecule has 0 N–H and O–H groups in total. The molecule has 37 heavy (non-hydrogen) atoms. The fraction of sp³-hybridized carbons (Fsp3) is 0.148. The predicted molar refractivity (Wildman–Crippen MR) is 139 cm³/mol. The zero-order chi connectivity index (χ0) is 26.4. The highest BCUT2D eigenvalue weighted by molar-refractivity contribution is 7.90. The van der Waals surface area contributed by atoms with E-state index in [1.54, 1.807) is 24.3 Å². The summed E-state index contributed by atoms with van der Waals surface area (Å²) in [5.41, 5.74) is 1.49. The predicted octanol–water partition coefficient (Wildman–Crippen LogP) is 5.49. The zero-order valence-corrected chi connectivity index (χ0v) is 21.4. The van der Waals surface area contributed by atoms with E-state index in [2.05, 4.69) is 9.97 Å². The van der Waals surface area contributed by atoms with Crippen LogP contribution in [0.3, 0.4) is 0 Å². The summed E-state index contributed by atoms with van der Waals surface area (Å²) in [6.45, 7) is 2.56. The third kappa shape index (κ3) is 6.49. The Hall–Kier alpha value is -3.82. The Bertz CT molecular complexity index is 1480. The molecule has 0 unspecified atom stereocenters. The van der Waals surface area contributed by atoms with Gasteiger partial charge in [0.25, 0.3) is 5.91 Å². The van der Waals surface area contributed by atoms with Crippen molar-refractivity contribution in [3.63, 3.8) is 0 Å². The molecule has 0 spiro atoms. The highest BCUT2D eigenvalue weighted by Crippen LogP contribution is 2.26. The van der Waals surface area contributed by atoms with E-state index in [1.165, 1.54) is 29.2 Å². The Kier molecular flexibility index (Phi) is 8.15. The van der Waals surface area contributed by atoms with Crippen LogP contribution in [-0.2, 0) is 22.1 Å². The summed E-state index contributed by atoms with van der Waals surface area (Å²) >= 11 is 6.29. The summed E-state index contributed by atoms with van der Waals surface area (Å²) in [4.78, 5) is 23.1. The van der Waals surface area contributed by atoms with Crippen molar-refractivity contribution in [1.29, 1.82) is 0 Å². The first kappa shape index (κ1) is 26.2. The summed E-state index contributed by atoms with van der Waals surface area (Å²) in [5.74, 6) is -0.898. The minimum Gasteiger partial charge on any atom is -0.494 e. The fourth-order valence-electron chi connectivity index (χ4n) is 3.58. The lowest BCUT2D eigenvalue weighted by molar-refractivity contribution is 0.0979. The molecule has 0 saturated carbocycles. The van der Waals surface area contributed by atoms with Crippen molar-refractivity contribution < 1.29 is 22.3 Å². The van der Waals surface area contributed by atoms with E-state index in [9.17, 15) is 17.6 Å². The average molecular weight is 540 g/mol. The van der Waals surface area contributed by atoms with Crippen molar-refractivity contribution in [3.05, 3.63) is 113 Å². The van der Waals surface area contributed by atoms with Crippen LogP contribution in [0.15, 0.2) is 90.2 Å². The van der Waals surface area contributed by atoms with E-state index in [4.69, 9.17) is 16.3 Å². The molecule has 10 heteroatoms. The number of sulfone groups is 1. The number of hydrogen-bond donors (Lipinski definition) is 0. The Balaban J connectivity index is 1.69. The smallest absolute Gasteiger partial charge is 0.278 e. The first-order chi connectivity index (χ1) is 17.8. The lowest BCUT2D eigenvalue weighted by Crippen LogP contribution is -2.32. The number of carbonyl (C=O) groups excluding carboxylic acids is 1. The number of aromatic nitrogens is 2. The van der Waals surface area contributed by atoms with Gasteiger partial charge in [-0.3, -0.25) is 4.79 Å². The molecule has 0 bridgehead atoms. The molecule has 3 aromatic carbocycles. The van der Waals surface area contributed by atoms with Gasteiger partial charge in [-0.1, -0.05) is 54.1 Å². The third-order valence-corrected chi connectivity index (χ3v) is 7.10. The number of amides is 1. The van der Waals surface area contributed by atoms with Crippen LogP contribution < -0.4 is 9.64 Å². The monoisotopic (exact) mass is 539 g/mol. The summed E-state index contributed by atoms with van der Waals surface area (Å²) in [5, 5.41) is -0.634. The molecule has 0 aliphatic rings. The minimum absolute atomic E-state index is 0.0882. The second-order valence-electron chi connectivity index (χ2n) is 8.04. The van der Waals surface area contributed by atoms with Gasteiger partial charge in [-0.25, -0.2) is 22.8 Å². The van der Waals surface area contributed by atoms with E-state index < -0.39 is 32.5 Å². The van der Waals surface area contributed by atoms with Gasteiger partial charge < -0.3 is 9.64 Å². The second kappa shape index (κ2) is 11.5. The van der Waals surface area contributed by atoms with Crippen LogP contribution in [0.25, 0.3) is 0 Å². The number of nitrogens with zero attached hydrogens (tertiary/aromatic N) is 3. The molecule has 1 amide bonds. The molecule has 0 saturated heterocycles. The Morgan fingerprint density at radius 3 is 2.30 bits per heavy atom. The Morgan fingerprint density at radius 2 is 1.65 bits per heavy atom. The number of anilines is 1. The SMILES string of the molecule is CCOc1ccc(N(Cc2ccccc2)C(=O)c2nc(S(=O)(=O)Cc3ccc(F)cc3)ncc2Cl)cc1. The highest BCUT2D eigenvalue weighted by atomic mass is 35.5. The van der Waals surface area contributed by atoms with Gasteiger partial charge in [0.1, 0.15) is 11.6 Å². The molecule has 4 aromatic rings. The van der Waals surface area contributed by atoms with Gasteiger partial charge >= 0.3 is 0 Å². The first-order valence-corrected chi connectivity index (χ1v) is 13.4. The lowest BCUT2D eigenvalue weighted by Gasteiger charge is -2.23. The molecule has 0 radical (unpaired) electrons. The molecule has 0 fully saturated rings. The van der Waals surface area contributed by atoms with Gasteiger partial charge in [0.15, 0.2) is 5.69 Å². The molecule has 190 valence electrons. The summed E-state index contributed by atoms with van der Waals surface area (Å²) in [7, 11) is -4.05. The van der Waals surface area contributed by atoms with Crippen molar-refractivity contribution in [3.8, 4) is 5.75 Å². The molecule has 0 aliphatic heterocycles. The minimum atomic E-state index is -4.05. The topological polar surface area (TPSA) is 89.5 Å². The standard InChI is InChI=1S/C27H23ClFN3O4S/c1-2-36-23-14-12-22(13-15-23)32(17-19-6-4-3-5-7-19)26(33)25-24(28)16-30-27(31-25)37(34,35)18-20-8-10-21(29)11-9-20/h3-16H,2,17-18H2,1H3. The summed E-state index contributed by atoms with van der Waals surface area (Å²) in [6.07, 6.45) is 1.10. The highest BCUT2D eigenvalue weighted by Gasteiger charge is 2.27. The van der Waals surface area contributed by atoms with Crippen LogP contribution in [0.2, 0.25) is 5.02 Å². The zero-order valence-electron chi connectivity index (χ0n) is 19.8. The van der Waals surface area contributed by atoms with E-state index >= 15 is 0 Å². The van der Waals surface area contributed by atoms with Crippen molar-refractivity contribution in [2.75, 3.05) is 11.5 Å². The van der Waals surface area contributed by atoms with Crippen molar-refractivity contribution in [1.82, 2.24) is 9.97 Å². The number of benzene rings is 3. The number of rotatable bonds is 9. The van der Waals surface area contributed by atoms with Crippen LogP contribution in [0, 0.1) is 5.82 Å². The van der Waals surface area contributed by atoms with E-state index in [1.807, 2.05) is 37.3 Å². The Morgan fingerprint density at radius 1 is 0.973 bits per heavy atom. The van der Waals surface area contributed by atoms with Crippen LogP contribution in [-0.4, -0.2) is 30.9 Å². The summed E-state index contributed by atoms with van der Waals surface area (Å²) < 4.78 is 44.7. The molecule has 4 rings (SSSR count). The van der Waals surface area contributed by atoms with E-state index in [-0.39, 0.29) is 17.3 Å². The van der Waals surface area contributed by atoms with Gasteiger partial charge in [0.05, 0.1) is 30.1 Å². The third-order valence-electron chi connectivity index (χ3n) is 5.36. The number of ether oxygens (including phenoxy) is 1. The molecule has 1 aromatic heterocycles. The van der Waals surface area contributed by atoms with Crippen molar-refractivity contribution in [2.45, 2.75) is 24.4 Å². The second-order valence-corrected chi connectivity index (χ2v) is 10.3. The maximum atomic E-state index is 13.7. The largest absolute Gasteiger partial charge is 0.494 e. The van der Waals surface area contributed by atoms with Crippen molar-refractivity contribution in [2.24, 2.45) is 0 Å². The molecular formula is C27H23ClFN3O4S. The summed E-state index contributed by atoms with van der Waals surface area (Å²) in [6, 6.07) is 21.3. The van der Waals surface area contributed by atoms with Crippen molar-refractivity contribution >= 4 is 33.0 Å². The van der Waals surface area contributed by atoms with Gasteiger partial charge in [0.2, 0.25) is 15.0 Å². The van der Waals surface area contributed by atoms with E-state index in [0.29, 0.717) is 23.6 Å². The van der Waals surface area contributed by atoms with E-state index in [0.717, 1.165) is 11.8 Å². The molecular weight excluding hydrogens is 517 g/mol. The van der Waals surface area contributed by atoms with Crippen LogP contribution in [0.5, 0.6) is 5.75 Å². The molecule has 0 atom stereocenters. The van der Waals surface area contributed by atoms with Crippen LogP contribution in [0.4, 0.5) is 10.1 Å². The maximum Gasteiger partial charge on any atom is 0.278 e. The molecule has 0 aliphatic carbocycles. The maximum absolute atomic E-state index is 13.7. The molecule has 1 heterocycles. The van der Waals surface area contributed by atoms with Gasteiger partial charge in [-0.2, -0.15) is 0 Å². The normalized spacial score (nSPS) is 11.2. The number of halogens is 2. The van der Waals surface area contributed by atoms with Gasteiger partial charge in [0, 0.05) is 5.69 Å². The van der Waals surface area contributed by atoms with Gasteiger partial charge in [-0.05, 0) is 54.4 Å². The van der Waals surface area contributed by atoms with Crippen LogP contribution in [0.1, 0.15) is 28.5 Å². The molecule has 7 nitrogen and oxygen atoms in total. The van der Waals surface area contributed by atoms with Crippen LogP contribution >= 0.6 is 11.6 Å². The quantitative estimate of drug-likeness (QED) is 0.261. The first-order valence-electron chi connectivity index (χ1n) is 11.3. The Labute approximate surface area is 219 Å². The average Bonchev–Trinajstić information content (AvgIpc) is 2.90. The van der Waals surface area contributed by atoms with Gasteiger partial charge in [-0.15, -0.1) is 0 Å². The number of hydrogen-bond acceptors (Lipinski definition) is 6.